The topological polar surface area (TPSA) is 45.2 Å². The summed E-state index contributed by atoms with van der Waals surface area (Å²) in [5.41, 5.74) is 3.83. The molecule has 0 unspecified atom stereocenters. The van der Waals surface area contributed by atoms with Crippen molar-refractivity contribution in [1.29, 1.82) is 0 Å². The minimum atomic E-state index is 0.0861. The van der Waals surface area contributed by atoms with Crippen LogP contribution in [0.4, 0.5) is 11.4 Å². The molecule has 0 saturated carbocycles. The number of amides is 1. The van der Waals surface area contributed by atoms with E-state index in [9.17, 15) is 4.79 Å². The van der Waals surface area contributed by atoms with Crippen LogP contribution in [0.25, 0.3) is 0 Å². The summed E-state index contributed by atoms with van der Waals surface area (Å²) in [7, 11) is 0. The molecule has 1 saturated heterocycles. The molecule has 0 radical (unpaired) electrons. The van der Waals surface area contributed by atoms with Crippen molar-refractivity contribution in [1.82, 2.24) is 9.88 Å². The van der Waals surface area contributed by atoms with Gasteiger partial charge in [0.15, 0.2) is 0 Å². The zero-order chi connectivity index (χ0) is 16.9. The number of nitrogens with one attached hydrogen (secondary N) is 1. The van der Waals surface area contributed by atoms with Crippen LogP contribution in [-0.2, 0) is 0 Å². The van der Waals surface area contributed by atoms with Crippen LogP contribution in [0.5, 0.6) is 0 Å². The molecule has 24 heavy (non-hydrogen) atoms. The fraction of sp³-hybridized carbons (Fsp3) is 0.400. The Morgan fingerprint density at radius 3 is 2.62 bits per heavy atom. The quantitative estimate of drug-likeness (QED) is 0.896. The molecular weight excluding hydrogens is 298 g/mol. The number of piperidine rings is 1. The predicted octanol–water partition coefficient (Wildman–Crippen LogP) is 4.57. The molecule has 1 aliphatic rings. The SMILES string of the molecule is CC(C)c1ccccc1Nc1cncc(C(=O)N2CCCCC2)c1. The van der Waals surface area contributed by atoms with Crippen LogP contribution in [0.15, 0.2) is 42.7 Å². The first-order valence-corrected chi connectivity index (χ1v) is 8.75. The summed E-state index contributed by atoms with van der Waals surface area (Å²) in [5, 5.41) is 3.42. The summed E-state index contributed by atoms with van der Waals surface area (Å²) in [6, 6.07) is 10.2. The number of rotatable bonds is 4. The predicted molar refractivity (Wildman–Crippen MR) is 97.8 cm³/mol. The van der Waals surface area contributed by atoms with Crippen molar-refractivity contribution < 1.29 is 4.79 Å². The third kappa shape index (κ3) is 3.75. The number of anilines is 2. The van der Waals surface area contributed by atoms with E-state index in [0.29, 0.717) is 11.5 Å². The molecule has 126 valence electrons. The van der Waals surface area contributed by atoms with E-state index in [-0.39, 0.29) is 5.91 Å². The molecule has 4 nitrogen and oxygen atoms in total. The Kier molecular flexibility index (Phi) is 5.14. The Labute approximate surface area is 143 Å². The second-order valence-corrected chi connectivity index (χ2v) is 6.68. The molecule has 1 aliphatic heterocycles. The zero-order valence-electron chi connectivity index (χ0n) is 14.5. The van der Waals surface area contributed by atoms with Crippen LogP contribution in [0, 0.1) is 0 Å². The minimum absolute atomic E-state index is 0.0861. The van der Waals surface area contributed by atoms with E-state index in [0.717, 1.165) is 37.3 Å². The van der Waals surface area contributed by atoms with Crippen LogP contribution < -0.4 is 5.32 Å². The molecule has 1 aromatic heterocycles. The average Bonchev–Trinajstić information content (AvgIpc) is 2.62. The van der Waals surface area contributed by atoms with Gasteiger partial charge < -0.3 is 10.2 Å². The Morgan fingerprint density at radius 1 is 1.12 bits per heavy atom. The highest BCUT2D eigenvalue weighted by atomic mass is 16.2. The van der Waals surface area contributed by atoms with Gasteiger partial charge in [-0.3, -0.25) is 9.78 Å². The van der Waals surface area contributed by atoms with Gasteiger partial charge in [0.2, 0.25) is 0 Å². The number of aromatic nitrogens is 1. The first-order valence-electron chi connectivity index (χ1n) is 8.75. The molecule has 1 N–H and O–H groups in total. The number of likely N-dealkylation sites (tertiary alicyclic amines) is 1. The van der Waals surface area contributed by atoms with Gasteiger partial charge >= 0.3 is 0 Å². The number of nitrogens with zero attached hydrogens (tertiary/aromatic N) is 2. The molecule has 4 heteroatoms. The van der Waals surface area contributed by atoms with E-state index in [4.69, 9.17) is 0 Å². The normalized spacial score (nSPS) is 14.7. The van der Waals surface area contributed by atoms with Gasteiger partial charge in [-0.25, -0.2) is 0 Å². The second-order valence-electron chi connectivity index (χ2n) is 6.68. The fourth-order valence-electron chi connectivity index (χ4n) is 3.17. The molecule has 3 rings (SSSR count). The molecule has 1 amide bonds. The standard InChI is InChI=1S/C20H25N3O/c1-15(2)18-8-4-5-9-19(18)22-17-12-16(13-21-14-17)20(24)23-10-6-3-7-11-23/h4-5,8-9,12-15,22H,3,6-7,10-11H2,1-2H3. The number of pyridine rings is 1. The van der Waals surface area contributed by atoms with E-state index in [1.54, 1.807) is 12.4 Å². The fourth-order valence-corrected chi connectivity index (χ4v) is 3.17. The summed E-state index contributed by atoms with van der Waals surface area (Å²) in [4.78, 5) is 18.8. The monoisotopic (exact) mass is 323 g/mol. The molecule has 0 aliphatic carbocycles. The van der Waals surface area contributed by atoms with Gasteiger partial charge in [0.05, 0.1) is 17.4 Å². The third-order valence-corrected chi connectivity index (χ3v) is 4.49. The van der Waals surface area contributed by atoms with Crippen molar-refractivity contribution in [2.75, 3.05) is 18.4 Å². The van der Waals surface area contributed by atoms with Crippen LogP contribution in [0.3, 0.4) is 0 Å². The molecular formula is C20H25N3O. The first kappa shape index (κ1) is 16.5. The smallest absolute Gasteiger partial charge is 0.255 e. The third-order valence-electron chi connectivity index (χ3n) is 4.49. The van der Waals surface area contributed by atoms with Crippen LogP contribution in [-0.4, -0.2) is 28.9 Å². The number of carbonyl (C=O) groups is 1. The molecule has 1 aromatic carbocycles. The lowest BCUT2D eigenvalue weighted by molar-refractivity contribution is 0.0724. The van der Waals surface area contributed by atoms with Gasteiger partial charge in [-0.05, 0) is 42.9 Å². The van der Waals surface area contributed by atoms with Gasteiger partial charge in [0, 0.05) is 25.0 Å². The Morgan fingerprint density at radius 2 is 1.88 bits per heavy atom. The largest absolute Gasteiger partial charge is 0.354 e. The van der Waals surface area contributed by atoms with Gasteiger partial charge in [0.1, 0.15) is 0 Å². The van der Waals surface area contributed by atoms with Crippen molar-refractivity contribution in [2.45, 2.75) is 39.0 Å². The van der Waals surface area contributed by atoms with Crippen LogP contribution >= 0.6 is 0 Å². The van der Waals surface area contributed by atoms with Crippen molar-refractivity contribution >= 4 is 17.3 Å². The summed E-state index contributed by atoms with van der Waals surface area (Å²) in [6.45, 7) is 6.06. The maximum Gasteiger partial charge on any atom is 0.255 e. The molecule has 2 aromatic rings. The maximum absolute atomic E-state index is 12.6. The number of benzene rings is 1. The van der Waals surface area contributed by atoms with Gasteiger partial charge in [-0.1, -0.05) is 32.0 Å². The van der Waals surface area contributed by atoms with Gasteiger partial charge in [-0.2, -0.15) is 0 Å². The van der Waals surface area contributed by atoms with E-state index in [1.807, 2.05) is 17.0 Å². The number of hydrogen-bond donors (Lipinski definition) is 1. The van der Waals surface area contributed by atoms with E-state index in [1.165, 1.54) is 12.0 Å². The Bertz CT molecular complexity index is 706. The lowest BCUT2D eigenvalue weighted by Gasteiger charge is -2.26. The molecule has 0 atom stereocenters. The molecule has 0 bridgehead atoms. The van der Waals surface area contributed by atoms with Crippen LogP contribution in [0.1, 0.15) is 54.9 Å². The lowest BCUT2D eigenvalue weighted by atomic mass is 10.0. The highest BCUT2D eigenvalue weighted by Gasteiger charge is 2.18. The number of carbonyl (C=O) groups excluding carboxylic acids is 1. The second kappa shape index (κ2) is 7.47. The van der Waals surface area contributed by atoms with E-state index < -0.39 is 0 Å². The van der Waals surface area contributed by atoms with Gasteiger partial charge in [-0.15, -0.1) is 0 Å². The maximum atomic E-state index is 12.6. The molecule has 1 fully saturated rings. The van der Waals surface area contributed by atoms with E-state index in [2.05, 4.69) is 42.3 Å². The average molecular weight is 323 g/mol. The zero-order valence-corrected chi connectivity index (χ0v) is 14.5. The summed E-state index contributed by atoms with van der Waals surface area (Å²) >= 11 is 0. The van der Waals surface area contributed by atoms with Crippen molar-refractivity contribution in [3.05, 3.63) is 53.9 Å². The lowest BCUT2D eigenvalue weighted by Crippen LogP contribution is -2.35. The van der Waals surface area contributed by atoms with Gasteiger partial charge in [0.25, 0.3) is 5.91 Å². The van der Waals surface area contributed by atoms with Crippen molar-refractivity contribution in [3.8, 4) is 0 Å². The van der Waals surface area contributed by atoms with Crippen LogP contribution in [0.2, 0.25) is 0 Å². The molecule has 2 heterocycles. The van der Waals surface area contributed by atoms with Crippen molar-refractivity contribution in [2.24, 2.45) is 0 Å². The summed E-state index contributed by atoms with van der Waals surface area (Å²) in [5.74, 6) is 0.516. The molecule has 0 spiro atoms. The summed E-state index contributed by atoms with van der Waals surface area (Å²) in [6.07, 6.45) is 6.84. The highest BCUT2D eigenvalue weighted by Crippen LogP contribution is 2.27. The Hall–Kier alpha value is -2.36. The number of hydrogen-bond acceptors (Lipinski definition) is 3. The number of para-hydroxylation sites is 1. The van der Waals surface area contributed by atoms with E-state index >= 15 is 0 Å². The highest BCUT2D eigenvalue weighted by molar-refractivity contribution is 5.95. The first-order chi connectivity index (χ1) is 11.6. The summed E-state index contributed by atoms with van der Waals surface area (Å²) < 4.78 is 0. The van der Waals surface area contributed by atoms with Crippen molar-refractivity contribution in [3.63, 3.8) is 0 Å². The minimum Gasteiger partial charge on any atom is -0.354 e. The Balaban J connectivity index is 1.80.